The third kappa shape index (κ3) is 2.81. The molecule has 6 nitrogen and oxygen atoms in total. The van der Waals surface area contributed by atoms with Crippen molar-refractivity contribution in [1.29, 1.82) is 0 Å². The lowest BCUT2D eigenvalue weighted by molar-refractivity contribution is -0.112. The van der Waals surface area contributed by atoms with E-state index in [9.17, 15) is 4.79 Å². The summed E-state index contributed by atoms with van der Waals surface area (Å²) in [6.07, 6.45) is 5.24. The number of H-pyrrole nitrogens is 1. The van der Waals surface area contributed by atoms with Gasteiger partial charge < -0.3 is 20.2 Å². The number of benzene rings is 1. The number of nitrogens with zero attached hydrogens (tertiary/aromatic N) is 1. The fourth-order valence-corrected chi connectivity index (χ4v) is 2.55. The molecule has 2 heterocycles. The van der Waals surface area contributed by atoms with E-state index >= 15 is 0 Å². The first-order valence-corrected chi connectivity index (χ1v) is 7.30. The van der Waals surface area contributed by atoms with E-state index in [0.717, 1.165) is 16.6 Å². The molecule has 0 aliphatic carbocycles. The molecule has 0 aliphatic rings. The first-order valence-electron chi connectivity index (χ1n) is 7.30. The summed E-state index contributed by atoms with van der Waals surface area (Å²) in [6, 6.07) is 9.00. The van der Waals surface area contributed by atoms with Gasteiger partial charge in [-0.1, -0.05) is 6.07 Å². The number of carbonyl (C=O) groups excluding carboxylic acids is 1. The number of hydrogen-bond acceptors (Lipinski definition) is 4. The van der Waals surface area contributed by atoms with E-state index in [-0.39, 0.29) is 0 Å². The molecule has 0 bridgehead atoms. The Morgan fingerprint density at radius 2 is 2.00 bits per heavy atom. The van der Waals surface area contributed by atoms with Gasteiger partial charge in [-0.2, -0.15) is 0 Å². The van der Waals surface area contributed by atoms with Crippen LogP contribution >= 0.6 is 0 Å². The van der Waals surface area contributed by atoms with Crippen LogP contribution in [0.3, 0.4) is 0 Å². The Morgan fingerprint density at radius 1 is 1.21 bits per heavy atom. The average molecular weight is 323 g/mol. The van der Waals surface area contributed by atoms with Gasteiger partial charge >= 0.3 is 0 Å². The second kappa shape index (κ2) is 6.45. The highest BCUT2D eigenvalue weighted by Crippen LogP contribution is 2.31. The predicted molar refractivity (Wildman–Crippen MR) is 92.7 cm³/mol. The molecule has 3 rings (SSSR count). The van der Waals surface area contributed by atoms with Gasteiger partial charge in [0.25, 0.3) is 0 Å². The van der Waals surface area contributed by atoms with E-state index in [1.165, 1.54) is 0 Å². The molecule has 0 saturated heterocycles. The summed E-state index contributed by atoms with van der Waals surface area (Å²) in [4.78, 5) is 19.3. The molecule has 24 heavy (non-hydrogen) atoms. The largest absolute Gasteiger partial charge is 0.493 e. The number of methoxy groups -OCH3 is 2. The Labute approximate surface area is 138 Å². The Kier molecular flexibility index (Phi) is 4.20. The molecule has 0 saturated carbocycles. The molecule has 122 valence electrons. The Bertz CT molecular complexity index is 928. The summed E-state index contributed by atoms with van der Waals surface area (Å²) in [5, 5.41) is 0.914. The van der Waals surface area contributed by atoms with Gasteiger partial charge in [0, 0.05) is 28.9 Å². The zero-order valence-corrected chi connectivity index (χ0v) is 13.4. The maximum Gasteiger partial charge on any atom is 0.249 e. The number of pyridine rings is 1. The first kappa shape index (κ1) is 15.6. The SMILES string of the molecule is COc1ccc(C(=Cc2c[nH]c3ncccc23)C(N)=O)cc1OC. The highest BCUT2D eigenvalue weighted by molar-refractivity contribution is 6.24. The molecule has 1 aromatic carbocycles. The number of aromatic amines is 1. The quantitative estimate of drug-likeness (QED) is 0.706. The average Bonchev–Trinajstić information content (AvgIpc) is 3.02. The minimum absolute atomic E-state index is 0.376. The molecule has 0 aliphatic heterocycles. The molecule has 3 aromatic rings. The standard InChI is InChI=1S/C18H17N3O3/c1-23-15-6-5-11(9-16(15)24-2)14(17(19)22)8-12-10-21-18-13(12)4-3-7-20-18/h3-10H,1-2H3,(H2,19,22)(H,20,21). The number of hydrogen-bond donors (Lipinski definition) is 2. The summed E-state index contributed by atoms with van der Waals surface area (Å²) in [5.74, 6) is 0.588. The summed E-state index contributed by atoms with van der Waals surface area (Å²) >= 11 is 0. The van der Waals surface area contributed by atoms with Gasteiger partial charge in [-0.3, -0.25) is 4.79 Å². The number of aromatic nitrogens is 2. The van der Waals surface area contributed by atoms with Crippen LogP contribution < -0.4 is 15.2 Å². The van der Waals surface area contributed by atoms with E-state index in [0.29, 0.717) is 22.6 Å². The third-order valence-corrected chi connectivity index (χ3v) is 3.74. The topological polar surface area (TPSA) is 90.2 Å². The lowest BCUT2D eigenvalue weighted by Gasteiger charge is -2.10. The van der Waals surface area contributed by atoms with E-state index in [1.54, 1.807) is 50.9 Å². The number of ether oxygens (including phenoxy) is 2. The minimum atomic E-state index is -0.527. The molecule has 0 atom stereocenters. The van der Waals surface area contributed by atoms with Crippen molar-refractivity contribution in [1.82, 2.24) is 9.97 Å². The highest BCUT2D eigenvalue weighted by atomic mass is 16.5. The molecule has 0 fully saturated rings. The second-order valence-corrected chi connectivity index (χ2v) is 5.14. The second-order valence-electron chi connectivity index (χ2n) is 5.14. The molecular weight excluding hydrogens is 306 g/mol. The van der Waals surface area contributed by atoms with Gasteiger partial charge in [0.1, 0.15) is 5.65 Å². The van der Waals surface area contributed by atoms with Gasteiger partial charge in [-0.05, 0) is 35.9 Å². The van der Waals surface area contributed by atoms with Crippen molar-refractivity contribution in [3.05, 3.63) is 53.9 Å². The van der Waals surface area contributed by atoms with Crippen molar-refractivity contribution in [3.63, 3.8) is 0 Å². The molecule has 6 heteroatoms. The molecule has 2 aromatic heterocycles. The van der Waals surface area contributed by atoms with E-state index in [4.69, 9.17) is 15.2 Å². The number of primary amides is 1. The summed E-state index contributed by atoms with van der Waals surface area (Å²) in [5.41, 5.74) is 8.20. The van der Waals surface area contributed by atoms with Gasteiger partial charge in [-0.15, -0.1) is 0 Å². The minimum Gasteiger partial charge on any atom is -0.493 e. The number of fused-ring (bicyclic) bond motifs is 1. The zero-order valence-electron chi connectivity index (χ0n) is 13.4. The van der Waals surface area contributed by atoms with Crippen molar-refractivity contribution >= 4 is 28.6 Å². The van der Waals surface area contributed by atoms with Crippen LogP contribution in [0, 0.1) is 0 Å². The zero-order chi connectivity index (χ0) is 17.1. The van der Waals surface area contributed by atoms with Crippen molar-refractivity contribution in [2.45, 2.75) is 0 Å². The summed E-state index contributed by atoms with van der Waals surface area (Å²) < 4.78 is 10.5. The number of rotatable bonds is 5. The molecule has 0 spiro atoms. The van der Waals surface area contributed by atoms with Crippen LogP contribution in [0.25, 0.3) is 22.7 Å². The van der Waals surface area contributed by atoms with E-state index < -0.39 is 5.91 Å². The normalized spacial score (nSPS) is 11.5. The van der Waals surface area contributed by atoms with E-state index in [1.807, 2.05) is 12.1 Å². The van der Waals surface area contributed by atoms with Crippen LogP contribution in [0.4, 0.5) is 0 Å². The highest BCUT2D eigenvalue weighted by Gasteiger charge is 2.13. The summed E-state index contributed by atoms with van der Waals surface area (Å²) in [7, 11) is 3.10. The molecule has 0 unspecified atom stereocenters. The molecule has 0 radical (unpaired) electrons. The van der Waals surface area contributed by atoms with Crippen LogP contribution in [-0.2, 0) is 4.79 Å². The maximum absolute atomic E-state index is 12.0. The Hall–Kier alpha value is -3.28. The van der Waals surface area contributed by atoms with Crippen LogP contribution in [-0.4, -0.2) is 30.1 Å². The Morgan fingerprint density at radius 3 is 2.71 bits per heavy atom. The first-order chi connectivity index (χ1) is 11.6. The molecule has 3 N–H and O–H groups in total. The van der Waals surface area contributed by atoms with Crippen LogP contribution in [0.5, 0.6) is 11.5 Å². The summed E-state index contributed by atoms with van der Waals surface area (Å²) in [6.45, 7) is 0. The Balaban J connectivity index is 2.12. The smallest absolute Gasteiger partial charge is 0.249 e. The van der Waals surface area contributed by atoms with Gasteiger partial charge in [-0.25, -0.2) is 4.98 Å². The maximum atomic E-state index is 12.0. The third-order valence-electron chi connectivity index (χ3n) is 3.74. The lowest BCUT2D eigenvalue weighted by atomic mass is 10.0. The van der Waals surface area contributed by atoms with Crippen molar-refractivity contribution in [2.75, 3.05) is 14.2 Å². The van der Waals surface area contributed by atoms with Gasteiger partial charge in [0.15, 0.2) is 11.5 Å². The molecule has 1 amide bonds. The lowest BCUT2D eigenvalue weighted by Crippen LogP contribution is -2.13. The number of amides is 1. The van der Waals surface area contributed by atoms with Crippen molar-refractivity contribution < 1.29 is 14.3 Å². The number of nitrogens with one attached hydrogen (secondary N) is 1. The van der Waals surface area contributed by atoms with Gasteiger partial charge in [0.05, 0.1) is 14.2 Å². The fourth-order valence-electron chi connectivity index (χ4n) is 2.55. The number of nitrogens with two attached hydrogens (primary N) is 1. The van der Waals surface area contributed by atoms with Crippen molar-refractivity contribution in [2.24, 2.45) is 5.73 Å². The van der Waals surface area contributed by atoms with Crippen LogP contribution in [0.1, 0.15) is 11.1 Å². The van der Waals surface area contributed by atoms with Crippen molar-refractivity contribution in [3.8, 4) is 11.5 Å². The predicted octanol–water partition coefficient (Wildman–Crippen LogP) is 2.61. The fraction of sp³-hybridized carbons (Fsp3) is 0.111. The van der Waals surface area contributed by atoms with E-state index in [2.05, 4.69) is 9.97 Å². The molecular formula is C18H17N3O3. The number of carbonyl (C=O) groups is 1. The van der Waals surface area contributed by atoms with Crippen LogP contribution in [0.2, 0.25) is 0 Å². The van der Waals surface area contributed by atoms with Gasteiger partial charge in [0.2, 0.25) is 5.91 Å². The van der Waals surface area contributed by atoms with Crippen LogP contribution in [0.15, 0.2) is 42.7 Å². The monoisotopic (exact) mass is 323 g/mol.